The van der Waals surface area contributed by atoms with E-state index in [1.54, 1.807) is 95.9 Å². The van der Waals surface area contributed by atoms with Crippen LogP contribution >= 0.6 is 73.9 Å². The molecule has 5 atom stereocenters. The van der Waals surface area contributed by atoms with Crippen LogP contribution in [0.25, 0.3) is 21.1 Å². The van der Waals surface area contributed by atoms with Crippen molar-refractivity contribution in [3.8, 4) is 49.9 Å². The number of hydrogen-bond donors (Lipinski definition) is 8. The zero-order chi connectivity index (χ0) is 58.7. The normalized spacial score (nSPS) is 17.1. The molecule has 3 aliphatic heterocycles. The molecule has 21 heteroatoms. The van der Waals surface area contributed by atoms with Crippen LogP contribution in [0.1, 0.15) is 84.3 Å². The fraction of sp³-hybridized carbons (Fsp3) is 0.281. The number of rotatable bonds is 13. The van der Waals surface area contributed by atoms with E-state index in [0.29, 0.717) is 40.7 Å². The smallest absolute Gasteiger partial charge is 0.169 e. The van der Waals surface area contributed by atoms with Crippen molar-refractivity contribution in [2.75, 3.05) is 25.6 Å². The van der Waals surface area contributed by atoms with Gasteiger partial charge in [-0.25, -0.2) is 9.97 Å². The molecule has 0 bridgehead atoms. The van der Waals surface area contributed by atoms with Gasteiger partial charge in [-0.3, -0.25) is 19.8 Å². The van der Waals surface area contributed by atoms with Gasteiger partial charge in [-0.1, -0.05) is 125 Å². The van der Waals surface area contributed by atoms with Crippen LogP contribution in [0.2, 0.25) is 0 Å². The van der Waals surface area contributed by atoms with E-state index in [9.17, 15) is 30.3 Å². The summed E-state index contributed by atoms with van der Waals surface area (Å²) in [6, 6.07) is 43.8. The topological polar surface area (TPSA) is 251 Å². The third kappa shape index (κ3) is 19.8. The average Bonchev–Trinajstić information content (AvgIpc) is 4.18. The number of thiazole rings is 2. The van der Waals surface area contributed by atoms with E-state index in [1.807, 2.05) is 113 Å². The van der Waals surface area contributed by atoms with E-state index in [-0.39, 0.29) is 99.5 Å². The Bertz CT molecular complexity index is 3410. The molecule has 15 nitrogen and oxygen atoms in total. The zero-order valence-corrected chi connectivity index (χ0v) is 50.8. The number of para-hydroxylation sites is 5. The lowest BCUT2D eigenvalue weighted by molar-refractivity contribution is 0.111. The number of aldehydes is 1. The highest BCUT2D eigenvalue weighted by Crippen LogP contribution is 2.37. The van der Waals surface area contributed by atoms with Gasteiger partial charge in [0.05, 0.1) is 68.0 Å². The molecule has 0 saturated heterocycles. The molecule has 452 valence electrons. The Kier molecular flexibility index (Phi) is 29.5. The van der Waals surface area contributed by atoms with Gasteiger partial charge >= 0.3 is 0 Å². The van der Waals surface area contributed by atoms with Crippen molar-refractivity contribution < 1.29 is 50.4 Å². The molecule has 0 radical (unpaired) electrons. The highest BCUT2D eigenvalue weighted by molar-refractivity contribution is 9.10. The van der Waals surface area contributed by atoms with Crippen molar-refractivity contribution >= 4 is 95.3 Å². The number of carbonyl (C=O) groups is 1. The number of aryl methyl sites for hydroxylation is 2. The lowest BCUT2D eigenvalue weighted by Gasteiger charge is -2.07. The summed E-state index contributed by atoms with van der Waals surface area (Å²) in [5.74, 6) is 2.07. The predicted molar refractivity (Wildman–Crippen MR) is 359 cm³/mol. The monoisotopic (exact) mass is 1310 g/mol. The quantitative estimate of drug-likeness (QED) is 0.0500. The number of aromatic nitrogens is 2. The number of phenols is 5. The molecule has 5 heterocycles. The maximum atomic E-state index is 10.6. The number of phenolic OH excluding ortho intramolecular Hbond substituents is 5. The Hall–Kier alpha value is -6.37. The van der Waals surface area contributed by atoms with Gasteiger partial charge in [0.25, 0.3) is 0 Å². The molecule has 11 rings (SSSR count). The number of benzene rings is 6. The number of nitrogens with zero attached hydrogens (tertiary/aromatic N) is 5. The first-order chi connectivity index (χ1) is 39.6. The number of halogens is 1. The second kappa shape index (κ2) is 35.3. The number of thioether (sulfide) groups is 3. The van der Waals surface area contributed by atoms with Crippen LogP contribution in [0.15, 0.2) is 165 Å². The van der Waals surface area contributed by atoms with Crippen LogP contribution in [0, 0.1) is 13.8 Å². The van der Waals surface area contributed by atoms with Crippen molar-refractivity contribution in [2.45, 2.75) is 91.8 Å². The number of aliphatic imine (C=N–C) groups is 3. The van der Waals surface area contributed by atoms with Gasteiger partial charge in [-0.15, -0.1) is 58.0 Å². The van der Waals surface area contributed by atoms with Crippen molar-refractivity contribution in [3.05, 3.63) is 193 Å². The van der Waals surface area contributed by atoms with Gasteiger partial charge in [0, 0.05) is 47.2 Å². The summed E-state index contributed by atoms with van der Waals surface area (Å²) < 4.78 is 6.83. The first-order valence-corrected chi connectivity index (χ1v) is 30.9. The molecule has 0 aliphatic carbocycles. The fourth-order valence-electron chi connectivity index (χ4n) is 7.86. The maximum absolute atomic E-state index is 10.6. The molecule has 8 N–H and O–H groups in total. The third-order valence-corrected chi connectivity index (χ3v) is 18.7. The lowest BCUT2D eigenvalue weighted by Crippen LogP contribution is -2.17. The second-order valence-corrected chi connectivity index (χ2v) is 25.5. The molecule has 0 unspecified atom stereocenters. The summed E-state index contributed by atoms with van der Waals surface area (Å²) in [5, 5.41) is 80.1. The summed E-state index contributed by atoms with van der Waals surface area (Å²) >= 11 is 11.2. The van der Waals surface area contributed by atoms with Gasteiger partial charge in [0.1, 0.15) is 59.6 Å². The standard InChI is InChI=1S/C17H16BrNO2S.2C11H13NO2S.C11H11NO2S.C11H9NO2S.3CH4/c18-13-7-5-12(6-8-13)9-21-10-14-11-22-17(19-14)15-3-1-2-4-16(15)20;4*1-7-9(6-13)12-11(15-7)8-4-2-3-5-10(8)14;;;/h1-8,14,20H,9-11H2;2*2-5,7,9,13-14H,6H2,1H3;2-5,13-14H,6H2,1H3;2-6,14H,1H3;3*1H4/t14-;7-,9+;7-,9-;;;;;/m100...../s1. The minimum Gasteiger partial charge on any atom is -0.507 e. The summed E-state index contributed by atoms with van der Waals surface area (Å²) in [6.45, 7) is 9.06. The number of hydrogen-bond acceptors (Lipinski definition) is 20. The predicted octanol–water partition coefficient (Wildman–Crippen LogP) is 14.4. The summed E-state index contributed by atoms with van der Waals surface area (Å²) in [6.07, 6.45) is 0.731. The minimum atomic E-state index is -0.0596. The second-order valence-electron chi connectivity index (χ2n) is 18.4. The van der Waals surface area contributed by atoms with E-state index in [1.165, 1.54) is 22.7 Å². The molecule has 2 aromatic heterocycles. The van der Waals surface area contributed by atoms with Crippen molar-refractivity contribution in [2.24, 2.45) is 15.0 Å². The molecule has 0 spiro atoms. The molecule has 85 heavy (non-hydrogen) atoms. The molecule has 0 fully saturated rings. The SMILES string of the molecule is C.C.C.C[C@@H]1SC(c2ccccc2O)=N[C@@H]1CO.C[C@@H]1SC(c2ccccc2O)=N[C@H]1CO.Cc1sc(-c2ccccc2O)nc1C=O.Cc1sc(-c2ccccc2O)nc1CO.Oc1ccccc1C1=N[C@H](COCc2ccc(Br)cc2)CS1. The average molecular weight is 1310 g/mol. The van der Waals surface area contributed by atoms with Gasteiger partial charge in [-0.2, -0.15) is 0 Å². The van der Waals surface area contributed by atoms with Crippen LogP contribution in [-0.2, 0) is 18.0 Å². The summed E-state index contributed by atoms with van der Waals surface area (Å²) in [7, 11) is 0. The highest BCUT2D eigenvalue weighted by Gasteiger charge is 2.29. The van der Waals surface area contributed by atoms with E-state index >= 15 is 0 Å². The number of aliphatic hydroxyl groups is 3. The number of aromatic hydroxyl groups is 5. The van der Waals surface area contributed by atoms with Crippen LogP contribution in [0.5, 0.6) is 28.7 Å². The molecular weight excluding hydrogens is 1240 g/mol. The van der Waals surface area contributed by atoms with Crippen molar-refractivity contribution in [1.29, 1.82) is 0 Å². The van der Waals surface area contributed by atoms with Crippen molar-refractivity contribution in [3.63, 3.8) is 0 Å². The fourth-order valence-corrected chi connectivity index (χ4v) is 13.4. The van der Waals surface area contributed by atoms with E-state index in [4.69, 9.17) is 20.1 Å². The lowest BCUT2D eigenvalue weighted by atomic mass is 10.2. The Balaban J connectivity index is 0.000000228. The van der Waals surface area contributed by atoms with Crippen LogP contribution in [0.4, 0.5) is 0 Å². The zero-order valence-electron chi connectivity index (χ0n) is 45.1. The molecule has 3 aliphatic rings. The third-order valence-electron chi connectivity index (χ3n) is 12.5. The van der Waals surface area contributed by atoms with E-state index < -0.39 is 0 Å². The largest absolute Gasteiger partial charge is 0.507 e. The van der Waals surface area contributed by atoms with Gasteiger partial charge in [0.15, 0.2) is 6.29 Å². The van der Waals surface area contributed by atoms with Crippen molar-refractivity contribution in [1.82, 2.24) is 9.97 Å². The van der Waals surface area contributed by atoms with Gasteiger partial charge in [-0.05, 0) is 92.2 Å². The molecular formula is C64H74BrN5O10S5. The van der Waals surface area contributed by atoms with Crippen LogP contribution < -0.4 is 0 Å². The number of ether oxygens (including phenoxy) is 1. The van der Waals surface area contributed by atoms with Gasteiger partial charge < -0.3 is 45.6 Å². The maximum Gasteiger partial charge on any atom is 0.169 e. The highest BCUT2D eigenvalue weighted by atomic mass is 79.9. The Morgan fingerprint density at radius 3 is 1.32 bits per heavy atom. The first-order valence-electron chi connectivity index (χ1n) is 25.8. The Labute approximate surface area is 527 Å². The molecule has 8 aromatic rings. The minimum absolute atomic E-state index is 0. The Morgan fingerprint density at radius 2 is 0.941 bits per heavy atom. The molecule has 0 amide bonds. The Morgan fingerprint density at radius 1 is 0.541 bits per heavy atom. The molecule has 0 saturated carbocycles. The number of aliphatic hydroxyl groups excluding tert-OH is 3. The summed E-state index contributed by atoms with van der Waals surface area (Å²) in [4.78, 5) is 34.3. The van der Waals surface area contributed by atoms with E-state index in [2.05, 4.69) is 40.9 Å². The summed E-state index contributed by atoms with van der Waals surface area (Å²) in [5.41, 5.74) is 5.97. The number of carbonyl (C=O) groups excluding carboxylic acids is 1. The van der Waals surface area contributed by atoms with Crippen LogP contribution in [-0.4, -0.2) is 126 Å². The van der Waals surface area contributed by atoms with E-state index in [0.717, 1.165) is 68.7 Å². The first kappa shape index (κ1) is 71.1. The molecule has 6 aromatic carbocycles. The van der Waals surface area contributed by atoms with Gasteiger partial charge in [0.2, 0.25) is 0 Å². The van der Waals surface area contributed by atoms with Crippen LogP contribution in [0.3, 0.4) is 0 Å².